The highest BCUT2D eigenvalue weighted by Crippen LogP contribution is 2.22. The number of nitrogens with zero attached hydrogens (tertiary/aromatic N) is 2. The van der Waals surface area contributed by atoms with E-state index in [9.17, 15) is 4.79 Å². The highest BCUT2D eigenvalue weighted by Gasteiger charge is 2.24. The Hall–Kier alpha value is -0.910. The topological polar surface area (TPSA) is 56.2 Å². The van der Waals surface area contributed by atoms with E-state index in [4.69, 9.17) is 16.3 Å². The van der Waals surface area contributed by atoms with E-state index in [1.54, 1.807) is 0 Å². The summed E-state index contributed by atoms with van der Waals surface area (Å²) >= 11 is 6.30. The molecule has 0 amide bonds. The van der Waals surface area contributed by atoms with E-state index < -0.39 is 0 Å². The summed E-state index contributed by atoms with van der Waals surface area (Å²) in [6, 6.07) is -0.227. The van der Waals surface area contributed by atoms with Gasteiger partial charge in [0.25, 0.3) is 0 Å². The summed E-state index contributed by atoms with van der Waals surface area (Å²) < 4.78 is 7.14. The fourth-order valence-electron chi connectivity index (χ4n) is 2.25. The van der Waals surface area contributed by atoms with Crippen molar-refractivity contribution in [2.24, 2.45) is 0 Å². The van der Waals surface area contributed by atoms with Gasteiger partial charge in [0, 0.05) is 13.1 Å². The molecule has 1 N–H and O–H groups in total. The normalized spacial score (nSPS) is 19.6. The molecule has 1 aromatic heterocycles. The van der Waals surface area contributed by atoms with E-state index in [1.807, 2.05) is 18.5 Å². The van der Waals surface area contributed by atoms with Crippen molar-refractivity contribution in [2.45, 2.75) is 39.3 Å². The SMILES string of the molecule is CCc1nn(CC)c(CC(=O)C2COCCN2)c1Cl. The van der Waals surface area contributed by atoms with Crippen LogP contribution in [0.1, 0.15) is 25.2 Å². The molecule has 0 radical (unpaired) electrons. The van der Waals surface area contributed by atoms with Gasteiger partial charge in [-0.1, -0.05) is 18.5 Å². The zero-order valence-electron chi connectivity index (χ0n) is 11.4. The smallest absolute Gasteiger partial charge is 0.158 e. The van der Waals surface area contributed by atoms with Crippen LogP contribution in [0.2, 0.25) is 5.02 Å². The molecule has 0 aliphatic carbocycles. The Kier molecular flexibility index (Phi) is 4.96. The van der Waals surface area contributed by atoms with Gasteiger partial charge in [0.05, 0.1) is 42.1 Å². The molecule has 19 heavy (non-hydrogen) atoms. The van der Waals surface area contributed by atoms with Crippen LogP contribution in [0.25, 0.3) is 0 Å². The third-order valence-corrected chi connectivity index (χ3v) is 3.78. The minimum absolute atomic E-state index is 0.110. The number of carbonyl (C=O) groups excluding carboxylic acids is 1. The second-order valence-corrected chi connectivity index (χ2v) is 4.98. The molecule has 0 saturated carbocycles. The number of nitrogens with one attached hydrogen (secondary N) is 1. The highest BCUT2D eigenvalue weighted by atomic mass is 35.5. The standard InChI is InChI=1S/C13H20ClN3O2/c1-3-9-13(14)11(17(4-2)16-9)7-12(18)10-8-19-6-5-15-10/h10,15H,3-8H2,1-2H3. The Bertz CT molecular complexity index is 453. The van der Waals surface area contributed by atoms with Crippen molar-refractivity contribution in [3.8, 4) is 0 Å². The number of aryl methyl sites for hydroxylation is 2. The Labute approximate surface area is 118 Å². The average molecular weight is 286 g/mol. The molecule has 1 aromatic rings. The Morgan fingerprint density at radius 1 is 1.58 bits per heavy atom. The van der Waals surface area contributed by atoms with Crippen molar-refractivity contribution >= 4 is 17.4 Å². The second kappa shape index (κ2) is 6.50. The van der Waals surface area contributed by atoms with Crippen molar-refractivity contribution in [1.82, 2.24) is 15.1 Å². The van der Waals surface area contributed by atoms with Gasteiger partial charge in [0.15, 0.2) is 5.78 Å². The summed E-state index contributed by atoms with van der Waals surface area (Å²) in [6.07, 6.45) is 1.08. The lowest BCUT2D eigenvalue weighted by molar-refractivity contribution is -0.123. The fourth-order valence-corrected chi connectivity index (χ4v) is 2.58. The van der Waals surface area contributed by atoms with Gasteiger partial charge in [-0.25, -0.2) is 0 Å². The van der Waals surface area contributed by atoms with Crippen molar-refractivity contribution in [1.29, 1.82) is 0 Å². The van der Waals surface area contributed by atoms with E-state index in [1.165, 1.54) is 0 Å². The molecule has 0 aromatic carbocycles. The first-order chi connectivity index (χ1) is 9.17. The van der Waals surface area contributed by atoms with Gasteiger partial charge >= 0.3 is 0 Å². The first kappa shape index (κ1) is 14.5. The minimum Gasteiger partial charge on any atom is -0.378 e. The van der Waals surface area contributed by atoms with Crippen molar-refractivity contribution < 1.29 is 9.53 Å². The molecular formula is C13H20ClN3O2. The fraction of sp³-hybridized carbons (Fsp3) is 0.692. The lowest BCUT2D eigenvalue weighted by atomic mass is 10.1. The van der Waals surface area contributed by atoms with Gasteiger partial charge in [-0.05, 0) is 13.3 Å². The number of ketones is 1. The summed E-state index contributed by atoms with van der Waals surface area (Å²) in [6.45, 7) is 6.55. The van der Waals surface area contributed by atoms with Gasteiger partial charge in [0.1, 0.15) is 0 Å². The van der Waals surface area contributed by atoms with Crippen LogP contribution in [0.15, 0.2) is 0 Å². The summed E-state index contributed by atoms with van der Waals surface area (Å²) in [7, 11) is 0. The molecule has 0 bridgehead atoms. The van der Waals surface area contributed by atoms with E-state index in [-0.39, 0.29) is 11.8 Å². The summed E-state index contributed by atoms with van der Waals surface area (Å²) in [4.78, 5) is 12.2. The Morgan fingerprint density at radius 2 is 2.37 bits per heavy atom. The molecule has 1 saturated heterocycles. The van der Waals surface area contributed by atoms with E-state index >= 15 is 0 Å². The number of aromatic nitrogens is 2. The van der Waals surface area contributed by atoms with Crippen LogP contribution in [0.5, 0.6) is 0 Å². The van der Waals surface area contributed by atoms with E-state index in [2.05, 4.69) is 10.4 Å². The number of halogens is 1. The van der Waals surface area contributed by atoms with Crippen LogP contribution >= 0.6 is 11.6 Å². The molecule has 6 heteroatoms. The molecule has 5 nitrogen and oxygen atoms in total. The van der Waals surface area contributed by atoms with Crippen LogP contribution in [-0.4, -0.2) is 41.4 Å². The third-order valence-electron chi connectivity index (χ3n) is 3.35. The van der Waals surface area contributed by atoms with Gasteiger partial charge in [-0.2, -0.15) is 5.10 Å². The number of hydrogen-bond acceptors (Lipinski definition) is 4. The molecule has 1 atom stereocenters. The van der Waals surface area contributed by atoms with Crippen LogP contribution in [0.4, 0.5) is 0 Å². The zero-order chi connectivity index (χ0) is 13.8. The van der Waals surface area contributed by atoms with E-state index in [0.717, 1.165) is 30.9 Å². The van der Waals surface area contributed by atoms with Crippen molar-refractivity contribution in [3.05, 3.63) is 16.4 Å². The zero-order valence-corrected chi connectivity index (χ0v) is 12.2. The molecule has 2 rings (SSSR count). The van der Waals surface area contributed by atoms with Gasteiger partial charge in [0.2, 0.25) is 0 Å². The first-order valence-corrected chi connectivity index (χ1v) is 7.13. The van der Waals surface area contributed by atoms with Crippen molar-refractivity contribution in [2.75, 3.05) is 19.8 Å². The van der Waals surface area contributed by atoms with Gasteiger partial charge in [-0.3, -0.25) is 9.48 Å². The quantitative estimate of drug-likeness (QED) is 0.884. The Balaban J connectivity index is 2.13. The minimum atomic E-state index is -0.227. The maximum Gasteiger partial charge on any atom is 0.158 e. The lowest BCUT2D eigenvalue weighted by Gasteiger charge is -2.22. The molecule has 0 spiro atoms. The van der Waals surface area contributed by atoms with Crippen LogP contribution < -0.4 is 5.32 Å². The predicted octanol–water partition coefficient (Wildman–Crippen LogP) is 1.22. The summed E-state index contributed by atoms with van der Waals surface area (Å²) in [5, 5.41) is 8.23. The Morgan fingerprint density at radius 3 is 2.95 bits per heavy atom. The number of rotatable bonds is 5. The second-order valence-electron chi connectivity index (χ2n) is 4.60. The summed E-state index contributed by atoms with van der Waals surface area (Å²) in [5.41, 5.74) is 1.68. The third kappa shape index (κ3) is 3.16. The highest BCUT2D eigenvalue weighted by molar-refractivity contribution is 6.32. The number of Topliss-reactive ketones (excluding diaryl/α,β-unsaturated/α-hetero) is 1. The monoisotopic (exact) mass is 285 g/mol. The molecule has 1 aliphatic rings. The van der Waals surface area contributed by atoms with Gasteiger partial charge in [-0.15, -0.1) is 0 Å². The molecule has 1 aliphatic heterocycles. The summed E-state index contributed by atoms with van der Waals surface area (Å²) in [5.74, 6) is 0.110. The number of hydrogen-bond donors (Lipinski definition) is 1. The lowest BCUT2D eigenvalue weighted by Crippen LogP contribution is -2.47. The predicted molar refractivity (Wildman–Crippen MR) is 73.6 cm³/mol. The largest absolute Gasteiger partial charge is 0.378 e. The van der Waals surface area contributed by atoms with Crippen LogP contribution in [-0.2, 0) is 28.9 Å². The molecule has 1 unspecified atom stereocenters. The van der Waals surface area contributed by atoms with Crippen LogP contribution in [0, 0.1) is 0 Å². The number of ether oxygens (including phenoxy) is 1. The van der Waals surface area contributed by atoms with Crippen LogP contribution in [0.3, 0.4) is 0 Å². The first-order valence-electron chi connectivity index (χ1n) is 6.75. The molecule has 2 heterocycles. The molecule has 106 valence electrons. The molecular weight excluding hydrogens is 266 g/mol. The van der Waals surface area contributed by atoms with Gasteiger partial charge < -0.3 is 10.1 Å². The van der Waals surface area contributed by atoms with E-state index in [0.29, 0.717) is 24.7 Å². The number of carbonyl (C=O) groups is 1. The average Bonchev–Trinajstić information content (AvgIpc) is 2.76. The van der Waals surface area contributed by atoms with Crippen molar-refractivity contribution in [3.63, 3.8) is 0 Å². The molecule has 1 fully saturated rings. The maximum atomic E-state index is 12.2. The number of morpholine rings is 1. The maximum absolute atomic E-state index is 12.2.